The molecule has 0 aromatic heterocycles. The topological polar surface area (TPSA) is 69.4 Å². The van der Waals surface area contributed by atoms with Crippen molar-refractivity contribution in [1.82, 2.24) is 0 Å². The van der Waals surface area contributed by atoms with Gasteiger partial charge in [-0.15, -0.1) is 0 Å². The number of rotatable bonds is 3. The SMILES string of the molecule is NS(=O)(=O)c1ccc(F)cc1OC(F)F. The van der Waals surface area contributed by atoms with Crippen LogP contribution < -0.4 is 9.88 Å². The van der Waals surface area contributed by atoms with E-state index in [0.29, 0.717) is 6.07 Å². The van der Waals surface area contributed by atoms with Crippen molar-refractivity contribution in [3.8, 4) is 5.75 Å². The van der Waals surface area contributed by atoms with Gasteiger partial charge in [-0.2, -0.15) is 8.78 Å². The molecule has 0 aliphatic rings. The van der Waals surface area contributed by atoms with E-state index in [9.17, 15) is 21.6 Å². The summed E-state index contributed by atoms with van der Waals surface area (Å²) in [5.41, 5.74) is 0. The first-order valence-corrected chi connectivity index (χ1v) is 5.12. The van der Waals surface area contributed by atoms with E-state index in [2.05, 4.69) is 4.74 Å². The molecule has 0 saturated carbocycles. The molecule has 0 amide bonds. The van der Waals surface area contributed by atoms with Gasteiger partial charge in [-0.05, 0) is 12.1 Å². The molecule has 1 aromatic rings. The van der Waals surface area contributed by atoms with E-state index in [0.717, 1.165) is 12.1 Å². The molecule has 2 N–H and O–H groups in total. The van der Waals surface area contributed by atoms with Gasteiger partial charge in [-0.1, -0.05) is 0 Å². The summed E-state index contributed by atoms with van der Waals surface area (Å²) in [6, 6.07) is 2.05. The fourth-order valence-corrected chi connectivity index (χ4v) is 1.55. The van der Waals surface area contributed by atoms with E-state index in [1.54, 1.807) is 0 Å². The van der Waals surface area contributed by atoms with Gasteiger partial charge in [0.25, 0.3) is 0 Å². The van der Waals surface area contributed by atoms with Crippen LogP contribution in [0.5, 0.6) is 5.75 Å². The third kappa shape index (κ3) is 3.10. The fraction of sp³-hybridized carbons (Fsp3) is 0.143. The minimum atomic E-state index is -4.22. The Morgan fingerprint density at radius 2 is 1.93 bits per heavy atom. The molecule has 8 heteroatoms. The summed E-state index contributed by atoms with van der Waals surface area (Å²) < 4.78 is 61.9. The lowest BCUT2D eigenvalue weighted by Crippen LogP contribution is -2.15. The molecule has 4 nitrogen and oxygen atoms in total. The lowest BCUT2D eigenvalue weighted by Gasteiger charge is -2.08. The highest BCUT2D eigenvalue weighted by molar-refractivity contribution is 7.89. The second-order valence-electron chi connectivity index (χ2n) is 2.51. The summed E-state index contributed by atoms with van der Waals surface area (Å²) in [6.45, 7) is -3.26. The number of hydrogen-bond donors (Lipinski definition) is 1. The van der Waals surface area contributed by atoms with E-state index < -0.39 is 33.1 Å². The number of ether oxygens (including phenoxy) is 1. The molecular weight excluding hydrogens is 235 g/mol. The molecule has 15 heavy (non-hydrogen) atoms. The van der Waals surface area contributed by atoms with Crippen LogP contribution in [-0.2, 0) is 10.0 Å². The van der Waals surface area contributed by atoms with Crippen LogP contribution in [0.1, 0.15) is 0 Å². The minimum absolute atomic E-state index is 0.520. The Labute approximate surface area is 83.5 Å². The molecule has 0 aliphatic carbocycles. The molecule has 1 aromatic carbocycles. The maximum atomic E-state index is 12.6. The lowest BCUT2D eigenvalue weighted by atomic mass is 10.3. The number of primary sulfonamides is 1. The molecule has 0 heterocycles. The highest BCUT2D eigenvalue weighted by Crippen LogP contribution is 2.25. The third-order valence-electron chi connectivity index (χ3n) is 1.43. The Kier molecular flexibility index (Phi) is 3.20. The van der Waals surface area contributed by atoms with E-state index in [-0.39, 0.29) is 0 Å². The summed E-state index contributed by atoms with van der Waals surface area (Å²) in [7, 11) is -4.22. The number of sulfonamides is 1. The monoisotopic (exact) mass is 241 g/mol. The van der Waals surface area contributed by atoms with Gasteiger partial charge in [0.1, 0.15) is 16.5 Å². The highest BCUT2D eigenvalue weighted by Gasteiger charge is 2.18. The van der Waals surface area contributed by atoms with Crippen molar-refractivity contribution < 1.29 is 26.3 Å². The van der Waals surface area contributed by atoms with Crippen LogP contribution in [0.25, 0.3) is 0 Å². The highest BCUT2D eigenvalue weighted by atomic mass is 32.2. The van der Waals surface area contributed by atoms with Crippen LogP contribution in [-0.4, -0.2) is 15.0 Å². The summed E-state index contributed by atoms with van der Waals surface area (Å²) in [4.78, 5) is -0.691. The first-order chi connectivity index (χ1) is 6.80. The van der Waals surface area contributed by atoms with Gasteiger partial charge < -0.3 is 4.74 Å². The van der Waals surface area contributed by atoms with E-state index in [4.69, 9.17) is 5.14 Å². The van der Waals surface area contributed by atoms with Crippen molar-refractivity contribution >= 4 is 10.0 Å². The second kappa shape index (κ2) is 4.07. The van der Waals surface area contributed by atoms with Crippen LogP contribution in [0.3, 0.4) is 0 Å². The molecule has 0 atom stereocenters. The average molecular weight is 241 g/mol. The average Bonchev–Trinajstić information content (AvgIpc) is 1.99. The van der Waals surface area contributed by atoms with Crippen molar-refractivity contribution in [2.45, 2.75) is 11.5 Å². The smallest absolute Gasteiger partial charge is 0.387 e. The zero-order valence-corrected chi connectivity index (χ0v) is 7.97. The predicted molar refractivity (Wildman–Crippen MR) is 44.4 cm³/mol. The number of hydrogen-bond acceptors (Lipinski definition) is 3. The first kappa shape index (κ1) is 11.8. The van der Waals surface area contributed by atoms with E-state index in [1.165, 1.54) is 0 Å². The van der Waals surface area contributed by atoms with Gasteiger partial charge in [-0.25, -0.2) is 17.9 Å². The molecule has 0 fully saturated rings. The number of benzene rings is 1. The summed E-state index contributed by atoms with van der Waals surface area (Å²) >= 11 is 0. The molecule has 0 saturated heterocycles. The zero-order valence-electron chi connectivity index (χ0n) is 7.15. The van der Waals surface area contributed by atoms with Gasteiger partial charge in [0.05, 0.1) is 0 Å². The maximum Gasteiger partial charge on any atom is 0.387 e. The molecule has 0 radical (unpaired) electrons. The van der Waals surface area contributed by atoms with Gasteiger partial charge in [0.2, 0.25) is 10.0 Å². The minimum Gasteiger partial charge on any atom is -0.433 e. The second-order valence-corrected chi connectivity index (χ2v) is 4.04. The Bertz CT molecular complexity index is 461. The summed E-state index contributed by atoms with van der Waals surface area (Å²) in [6.07, 6.45) is 0. The molecule has 0 spiro atoms. The molecule has 0 bridgehead atoms. The normalized spacial score (nSPS) is 11.8. The molecule has 1 rings (SSSR count). The predicted octanol–water partition coefficient (Wildman–Crippen LogP) is 1.07. The van der Waals surface area contributed by atoms with Gasteiger partial charge in [-0.3, -0.25) is 0 Å². The Morgan fingerprint density at radius 1 is 1.33 bits per heavy atom. The van der Waals surface area contributed by atoms with Crippen molar-refractivity contribution in [2.24, 2.45) is 5.14 Å². The van der Waals surface area contributed by atoms with E-state index >= 15 is 0 Å². The van der Waals surface area contributed by atoms with Crippen LogP contribution in [0, 0.1) is 5.82 Å². The summed E-state index contributed by atoms with van der Waals surface area (Å²) in [5.74, 6) is -1.72. The first-order valence-electron chi connectivity index (χ1n) is 3.58. The zero-order chi connectivity index (χ0) is 11.6. The Balaban J connectivity index is 3.27. The van der Waals surface area contributed by atoms with Gasteiger partial charge in [0, 0.05) is 6.07 Å². The van der Waals surface area contributed by atoms with Crippen molar-refractivity contribution in [3.05, 3.63) is 24.0 Å². The van der Waals surface area contributed by atoms with E-state index in [1.807, 2.05) is 0 Å². The standard InChI is InChI=1S/C7H6F3NO3S/c8-4-1-2-6(15(11,12)13)5(3-4)14-7(9)10/h1-3,7H,(H2,11,12,13). The third-order valence-corrected chi connectivity index (χ3v) is 2.38. The molecule has 84 valence electrons. The molecule has 0 unspecified atom stereocenters. The lowest BCUT2D eigenvalue weighted by molar-refractivity contribution is -0.0519. The number of halogens is 3. The molecular formula is C7H6F3NO3S. The maximum absolute atomic E-state index is 12.6. The van der Waals surface area contributed by atoms with Crippen molar-refractivity contribution in [1.29, 1.82) is 0 Å². The fourth-order valence-electron chi connectivity index (χ4n) is 0.905. The number of alkyl halides is 2. The number of nitrogens with two attached hydrogens (primary N) is 1. The van der Waals surface area contributed by atoms with Crippen molar-refractivity contribution in [2.75, 3.05) is 0 Å². The largest absolute Gasteiger partial charge is 0.433 e. The quantitative estimate of drug-likeness (QED) is 0.860. The van der Waals surface area contributed by atoms with Crippen LogP contribution in [0.2, 0.25) is 0 Å². The molecule has 0 aliphatic heterocycles. The van der Waals surface area contributed by atoms with Crippen LogP contribution >= 0.6 is 0 Å². The van der Waals surface area contributed by atoms with Crippen molar-refractivity contribution in [3.63, 3.8) is 0 Å². The summed E-state index contributed by atoms with van der Waals surface area (Å²) in [5, 5.41) is 4.71. The Morgan fingerprint density at radius 3 is 2.40 bits per heavy atom. The van der Waals surface area contributed by atoms with Crippen LogP contribution in [0.4, 0.5) is 13.2 Å². The Hall–Kier alpha value is -1.28. The van der Waals surface area contributed by atoms with Crippen LogP contribution in [0.15, 0.2) is 23.1 Å². The van der Waals surface area contributed by atoms with Gasteiger partial charge >= 0.3 is 6.61 Å². The van der Waals surface area contributed by atoms with Gasteiger partial charge in [0.15, 0.2) is 0 Å².